The summed E-state index contributed by atoms with van der Waals surface area (Å²) in [6.07, 6.45) is 21.1. The average molecular weight is 328 g/mol. The van der Waals surface area contributed by atoms with E-state index in [1.54, 1.807) is 0 Å². The second-order valence-corrected chi connectivity index (χ2v) is 7.16. The number of nitrogens with zero attached hydrogens (tertiary/aromatic N) is 1. The van der Waals surface area contributed by atoms with Gasteiger partial charge in [0.1, 0.15) is 0 Å². The molecule has 0 fully saturated rings. The molecule has 0 heterocycles. The van der Waals surface area contributed by atoms with Crippen LogP contribution >= 0.6 is 0 Å². The van der Waals surface area contributed by atoms with E-state index in [1.165, 1.54) is 103 Å². The molecule has 2 nitrogen and oxygen atoms in total. The Morgan fingerprint density at radius 3 is 1.30 bits per heavy atom. The molecule has 0 aromatic rings. The third-order valence-electron chi connectivity index (χ3n) is 4.78. The van der Waals surface area contributed by atoms with E-state index in [-0.39, 0.29) is 0 Å². The highest BCUT2D eigenvalue weighted by Gasteiger charge is 2.02. The SMILES string of the molecule is CCCCCCCCCCCCCCCCN(CCC)CCO. The van der Waals surface area contributed by atoms with Gasteiger partial charge in [-0.1, -0.05) is 97.3 Å². The fraction of sp³-hybridized carbons (Fsp3) is 1.00. The van der Waals surface area contributed by atoms with E-state index >= 15 is 0 Å². The molecule has 0 aromatic heterocycles. The van der Waals surface area contributed by atoms with Crippen molar-refractivity contribution in [1.82, 2.24) is 4.90 Å². The van der Waals surface area contributed by atoms with Crippen molar-refractivity contribution < 1.29 is 5.11 Å². The van der Waals surface area contributed by atoms with Crippen molar-refractivity contribution in [2.45, 2.75) is 110 Å². The van der Waals surface area contributed by atoms with Crippen LogP contribution in [0.4, 0.5) is 0 Å². The summed E-state index contributed by atoms with van der Waals surface area (Å²) in [7, 11) is 0. The third-order valence-corrected chi connectivity index (χ3v) is 4.78. The smallest absolute Gasteiger partial charge is 0.0558 e. The first-order chi connectivity index (χ1) is 11.3. The molecule has 0 spiro atoms. The summed E-state index contributed by atoms with van der Waals surface area (Å²) in [5, 5.41) is 9.04. The van der Waals surface area contributed by atoms with Crippen molar-refractivity contribution in [2.24, 2.45) is 0 Å². The van der Waals surface area contributed by atoms with Gasteiger partial charge in [-0.15, -0.1) is 0 Å². The molecule has 140 valence electrons. The number of unbranched alkanes of at least 4 members (excludes halogenated alkanes) is 13. The quantitative estimate of drug-likeness (QED) is 0.287. The maximum absolute atomic E-state index is 9.04. The summed E-state index contributed by atoms with van der Waals surface area (Å²) in [5.41, 5.74) is 0. The van der Waals surface area contributed by atoms with E-state index in [1.807, 2.05) is 0 Å². The van der Waals surface area contributed by atoms with Crippen LogP contribution in [0.2, 0.25) is 0 Å². The van der Waals surface area contributed by atoms with Crippen LogP contribution < -0.4 is 0 Å². The molecule has 0 saturated heterocycles. The Balaban J connectivity index is 3.15. The van der Waals surface area contributed by atoms with Gasteiger partial charge in [0, 0.05) is 6.54 Å². The molecule has 0 amide bonds. The van der Waals surface area contributed by atoms with Crippen molar-refractivity contribution in [3.8, 4) is 0 Å². The normalized spacial score (nSPS) is 11.5. The monoisotopic (exact) mass is 327 g/mol. The Morgan fingerprint density at radius 1 is 0.478 bits per heavy atom. The Kier molecular flexibility index (Phi) is 19.9. The van der Waals surface area contributed by atoms with Crippen LogP contribution in [0.1, 0.15) is 110 Å². The molecular formula is C21H45NO. The van der Waals surface area contributed by atoms with Crippen LogP contribution in [0.5, 0.6) is 0 Å². The Bertz CT molecular complexity index is 202. The van der Waals surface area contributed by atoms with Gasteiger partial charge in [0.25, 0.3) is 0 Å². The third kappa shape index (κ3) is 18.1. The predicted molar refractivity (Wildman–Crippen MR) is 104 cm³/mol. The minimum atomic E-state index is 0.304. The molecule has 0 bridgehead atoms. The lowest BCUT2D eigenvalue weighted by molar-refractivity contribution is 0.193. The minimum absolute atomic E-state index is 0.304. The van der Waals surface area contributed by atoms with Crippen LogP contribution in [-0.2, 0) is 0 Å². The molecule has 0 radical (unpaired) electrons. The van der Waals surface area contributed by atoms with Crippen LogP contribution in [0.3, 0.4) is 0 Å². The lowest BCUT2D eigenvalue weighted by atomic mass is 10.0. The van der Waals surface area contributed by atoms with E-state index in [9.17, 15) is 0 Å². The van der Waals surface area contributed by atoms with E-state index in [4.69, 9.17) is 5.11 Å². The zero-order chi connectivity index (χ0) is 17.0. The van der Waals surface area contributed by atoms with Gasteiger partial charge in [0.15, 0.2) is 0 Å². The minimum Gasteiger partial charge on any atom is -0.395 e. The fourth-order valence-corrected chi connectivity index (χ4v) is 3.32. The molecule has 0 aliphatic carbocycles. The van der Waals surface area contributed by atoms with Gasteiger partial charge in [-0.3, -0.25) is 0 Å². The van der Waals surface area contributed by atoms with Crippen LogP contribution in [-0.4, -0.2) is 36.2 Å². The zero-order valence-electron chi connectivity index (χ0n) is 16.3. The van der Waals surface area contributed by atoms with Gasteiger partial charge >= 0.3 is 0 Å². The van der Waals surface area contributed by atoms with Gasteiger partial charge < -0.3 is 10.0 Å². The van der Waals surface area contributed by atoms with Gasteiger partial charge in [-0.05, 0) is 25.9 Å². The van der Waals surface area contributed by atoms with Crippen LogP contribution in [0.15, 0.2) is 0 Å². The van der Waals surface area contributed by atoms with Crippen molar-refractivity contribution in [2.75, 3.05) is 26.2 Å². The Morgan fingerprint density at radius 2 is 0.913 bits per heavy atom. The van der Waals surface area contributed by atoms with Crippen molar-refractivity contribution in [1.29, 1.82) is 0 Å². The summed E-state index contributed by atoms with van der Waals surface area (Å²) in [6.45, 7) is 7.97. The second kappa shape index (κ2) is 20.0. The standard InChI is InChI=1S/C21H45NO/c1-3-5-6-7-8-9-10-11-12-13-14-15-16-17-19-22(18-4-2)20-21-23/h23H,3-21H2,1-2H3. The molecule has 0 aliphatic rings. The molecule has 0 atom stereocenters. The highest BCUT2D eigenvalue weighted by molar-refractivity contribution is 4.57. The van der Waals surface area contributed by atoms with Crippen LogP contribution in [0, 0.1) is 0 Å². The lowest BCUT2D eigenvalue weighted by Gasteiger charge is -2.20. The Labute approximate surface area is 147 Å². The highest BCUT2D eigenvalue weighted by Crippen LogP contribution is 2.13. The zero-order valence-corrected chi connectivity index (χ0v) is 16.3. The first-order valence-electron chi connectivity index (χ1n) is 10.7. The average Bonchev–Trinajstić information content (AvgIpc) is 2.55. The first kappa shape index (κ1) is 22.9. The largest absolute Gasteiger partial charge is 0.395 e. The number of hydrogen-bond donors (Lipinski definition) is 1. The van der Waals surface area contributed by atoms with E-state index in [0.29, 0.717) is 6.61 Å². The molecular weight excluding hydrogens is 282 g/mol. The maximum Gasteiger partial charge on any atom is 0.0558 e. The summed E-state index contributed by atoms with van der Waals surface area (Å²) in [6, 6.07) is 0. The first-order valence-corrected chi connectivity index (χ1v) is 10.7. The van der Waals surface area contributed by atoms with Gasteiger partial charge in [-0.2, -0.15) is 0 Å². The van der Waals surface area contributed by atoms with Crippen molar-refractivity contribution in [3.63, 3.8) is 0 Å². The molecule has 0 rings (SSSR count). The van der Waals surface area contributed by atoms with Gasteiger partial charge in [-0.25, -0.2) is 0 Å². The number of hydrogen-bond acceptors (Lipinski definition) is 2. The van der Waals surface area contributed by atoms with E-state index in [2.05, 4.69) is 18.7 Å². The highest BCUT2D eigenvalue weighted by atomic mass is 16.3. The Hall–Kier alpha value is -0.0800. The second-order valence-electron chi connectivity index (χ2n) is 7.16. The molecule has 1 N–H and O–H groups in total. The summed E-state index contributed by atoms with van der Waals surface area (Å²) in [4.78, 5) is 2.40. The fourth-order valence-electron chi connectivity index (χ4n) is 3.32. The van der Waals surface area contributed by atoms with E-state index in [0.717, 1.165) is 13.1 Å². The van der Waals surface area contributed by atoms with E-state index < -0.39 is 0 Å². The molecule has 0 unspecified atom stereocenters. The van der Waals surface area contributed by atoms with Crippen LogP contribution in [0.25, 0.3) is 0 Å². The maximum atomic E-state index is 9.04. The number of rotatable bonds is 19. The van der Waals surface area contributed by atoms with Crippen molar-refractivity contribution in [3.05, 3.63) is 0 Å². The lowest BCUT2D eigenvalue weighted by Crippen LogP contribution is -2.28. The summed E-state index contributed by atoms with van der Waals surface area (Å²) in [5.74, 6) is 0. The summed E-state index contributed by atoms with van der Waals surface area (Å²) < 4.78 is 0. The topological polar surface area (TPSA) is 23.5 Å². The van der Waals surface area contributed by atoms with Crippen molar-refractivity contribution >= 4 is 0 Å². The molecule has 0 aliphatic heterocycles. The summed E-state index contributed by atoms with van der Waals surface area (Å²) >= 11 is 0. The van der Waals surface area contributed by atoms with Gasteiger partial charge in [0.05, 0.1) is 6.61 Å². The molecule has 23 heavy (non-hydrogen) atoms. The number of aliphatic hydroxyl groups is 1. The predicted octanol–water partition coefficient (Wildman–Crippen LogP) is 6.17. The molecule has 2 heteroatoms. The molecule has 0 saturated carbocycles. The molecule has 0 aromatic carbocycles. The number of aliphatic hydroxyl groups excluding tert-OH is 1. The van der Waals surface area contributed by atoms with Gasteiger partial charge in [0.2, 0.25) is 0 Å².